The minimum Gasteiger partial charge on any atom is -0.444 e. The molecular formula is C15H30N2O2. The van der Waals surface area contributed by atoms with Gasteiger partial charge >= 0.3 is 6.09 Å². The second-order valence-corrected chi connectivity index (χ2v) is 6.55. The molecule has 0 bridgehead atoms. The molecule has 1 aliphatic rings. The molecule has 112 valence electrons. The third kappa shape index (κ3) is 5.81. The van der Waals surface area contributed by atoms with Crippen molar-refractivity contribution >= 4 is 6.09 Å². The Labute approximate surface area is 117 Å². The van der Waals surface area contributed by atoms with E-state index in [1.807, 2.05) is 27.8 Å². The largest absolute Gasteiger partial charge is 0.444 e. The van der Waals surface area contributed by atoms with Crippen LogP contribution in [0, 0.1) is 0 Å². The van der Waals surface area contributed by atoms with Crippen molar-refractivity contribution in [2.75, 3.05) is 13.6 Å². The highest BCUT2D eigenvalue weighted by atomic mass is 16.6. The molecule has 0 aromatic heterocycles. The van der Waals surface area contributed by atoms with Gasteiger partial charge in [0.05, 0.1) is 0 Å². The van der Waals surface area contributed by atoms with E-state index in [2.05, 4.69) is 12.2 Å². The summed E-state index contributed by atoms with van der Waals surface area (Å²) in [5.41, 5.74) is -0.411. The van der Waals surface area contributed by atoms with E-state index in [0.717, 1.165) is 32.2 Å². The van der Waals surface area contributed by atoms with E-state index in [1.54, 1.807) is 4.90 Å². The molecule has 0 aromatic rings. The zero-order valence-electron chi connectivity index (χ0n) is 13.2. The number of rotatable bonds is 4. The summed E-state index contributed by atoms with van der Waals surface area (Å²) in [6, 6.07) is 0.956. The van der Waals surface area contributed by atoms with Crippen LogP contribution in [0.5, 0.6) is 0 Å². The Bertz CT molecular complexity index is 278. The van der Waals surface area contributed by atoms with Gasteiger partial charge in [-0.15, -0.1) is 0 Å². The topological polar surface area (TPSA) is 41.6 Å². The van der Waals surface area contributed by atoms with Gasteiger partial charge in [0.25, 0.3) is 0 Å². The molecular weight excluding hydrogens is 240 g/mol. The van der Waals surface area contributed by atoms with Gasteiger partial charge in [-0.3, -0.25) is 0 Å². The zero-order chi connectivity index (χ0) is 14.5. The number of hydrogen-bond acceptors (Lipinski definition) is 3. The number of carbonyl (C=O) groups excluding carboxylic acids is 1. The van der Waals surface area contributed by atoms with E-state index in [-0.39, 0.29) is 6.09 Å². The molecule has 19 heavy (non-hydrogen) atoms. The molecule has 0 aliphatic heterocycles. The van der Waals surface area contributed by atoms with Crippen LogP contribution >= 0.6 is 0 Å². The fraction of sp³-hybridized carbons (Fsp3) is 0.933. The van der Waals surface area contributed by atoms with Gasteiger partial charge in [0, 0.05) is 19.1 Å². The number of hydrogen-bond donors (Lipinski definition) is 1. The standard InChI is InChI=1S/C15H30N2O2/c1-6-11-16-12-7-9-13(10-8-12)17(5)14(18)19-15(2,3)4/h12-13,16H,6-11H2,1-5H3. The molecule has 0 heterocycles. The van der Waals surface area contributed by atoms with E-state index in [1.165, 1.54) is 6.42 Å². The Hall–Kier alpha value is -0.770. The Balaban J connectivity index is 2.36. The Morgan fingerprint density at radius 2 is 1.84 bits per heavy atom. The van der Waals surface area contributed by atoms with Crippen LogP contribution in [0.3, 0.4) is 0 Å². The van der Waals surface area contributed by atoms with Crippen LogP contribution in [-0.2, 0) is 4.74 Å². The number of nitrogens with zero attached hydrogens (tertiary/aromatic N) is 1. The molecule has 1 amide bonds. The fourth-order valence-corrected chi connectivity index (χ4v) is 2.50. The van der Waals surface area contributed by atoms with Gasteiger partial charge in [-0.2, -0.15) is 0 Å². The predicted octanol–water partition coefficient (Wildman–Crippen LogP) is 3.16. The second-order valence-electron chi connectivity index (χ2n) is 6.55. The Kier molecular flexibility index (Phi) is 6.11. The number of carbonyl (C=O) groups is 1. The average Bonchev–Trinajstić information content (AvgIpc) is 2.34. The van der Waals surface area contributed by atoms with Gasteiger partial charge in [-0.1, -0.05) is 6.92 Å². The van der Waals surface area contributed by atoms with Crippen LogP contribution in [-0.4, -0.2) is 42.3 Å². The summed E-state index contributed by atoms with van der Waals surface area (Å²) in [5.74, 6) is 0. The van der Waals surface area contributed by atoms with Crippen molar-refractivity contribution in [1.82, 2.24) is 10.2 Å². The smallest absolute Gasteiger partial charge is 0.410 e. The second kappa shape index (κ2) is 7.13. The van der Waals surface area contributed by atoms with E-state index in [9.17, 15) is 4.79 Å². The van der Waals surface area contributed by atoms with Crippen molar-refractivity contribution in [2.24, 2.45) is 0 Å². The van der Waals surface area contributed by atoms with Crippen molar-refractivity contribution < 1.29 is 9.53 Å². The molecule has 0 atom stereocenters. The lowest BCUT2D eigenvalue weighted by molar-refractivity contribution is 0.0179. The lowest BCUT2D eigenvalue weighted by Crippen LogP contribution is -2.45. The van der Waals surface area contributed by atoms with Gasteiger partial charge in [0.2, 0.25) is 0 Å². The van der Waals surface area contributed by atoms with Gasteiger partial charge in [-0.25, -0.2) is 4.79 Å². The first kappa shape index (κ1) is 16.3. The SMILES string of the molecule is CCCNC1CCC(N(C)C(=O)OC(C)(C)C)CC1. The van der Waals surface area contributed by atoms with Crippen LogP contribution in [0.4, 0.5) is 4.79 Å². The van der Waals surface area contributed by atoms with Crippen molar-refractivity contribution in [1.29, 1.82) is 0 Å². The minimum absolute atomic E-state index is 0.197. The number of ether oxygens (including phenoxy) is 1. The first-order chi connectivity index (χ1) is 8.83. The normalized spacial score (nSPS) is 24.1. The van der Waals surface area contributed by atoms with Crippen LogP contribution in [0.25, 0.3) is 0 Å². The van der Waals surface area contributed by atoms with Crippen molar-refractivity contribution in [3.8, 4) is 0 Å². The maximum atomic E-state index is 12.0. The summed E-state index contributed by atoms with van der Waals surface area (Å²) in [7, 11) is 1.86. The molecule has 1 rings (SSSR count). The summed E-state index contributed by atoms with van der Waals surface area (Å²) in [5, 5.41) is 3.56. The Morgan fingerprint density at radius 1 is 1.26 bits per heavy atom. The fourth-order valence-electron chi connectivity index (χ4n) is 2.50. The van der Waals surface area contributed by atoms with E-state index < -0.39 is 5.60 Å². The third-order valence-electron chi connectivity index (χ3n) is 3.61. The van der Waals surface area contributed by atoms with Crippen molar-refractivity contribution in [3.63, 3.8) is 0 Å². The highest BCUT2D eigenvalue weighted by molar-refractivity contribution is 5.68. The summed E-state index contributed by atoms with van der Waals surface area (Å²) >= 11 is 0. The molecule has 0 unspecified atom stereocenters. The maximum Gasteiger partial charge on any atom is 0.410 e. The number of amides is 1. The molecule has 1 N–H and O–H groups in total. The van der Waals surface area contributed by atoms with Crippen LogP contribution in [0.2, 0.25) is 0 Å². The van der Waals surface area contributed by atoms with E-state index in [0.29, 0.717) is 12.1 Å². The van der Waals surface area contributed by atoms with E-state index in [4.69, 9.17) is 4.74 Å². The molecule has 1 aliphatic carbocycles. The van der Waals surface area contributed by atoms with Crippen LogP contribution in [0.15, 0.2) is 0 Å². The van der Waals surface area contributed by atoms with Gasteiger partial charge in [-0.05, 0) is 59.4 Å². The van der Waals surface area contributed by atoms with Gasteiger partial charge in [0.1, 0.15) is 5.60 Å². The third-order valence-corrected chi connectivity index (χ3v) is 3.61. The molecule has 1 saturated carbocycles. The predicted molar refractivity (Wildman–Crippen MR) is 78.3 cm³/mol. The van der Waals surface area contributed by atoms with E-state index >= 15 is 0 Å². The van der Waals surface area contributed by atoms with Gasteiger partial charge < -0.3 is 15.0 Å². The van der Waals surface area contributed by atoms with Crippen molar-refractivity contribution in [2.45, 2.75) is 77.5 Å². The van der Waals surface area contributed by atoms with Gasteiger partial charge in [0.15, 0.2) is 0 Å². The van der Waals surface area contributed by atoms with Crippen LogP contribution < -0.4 is 5.32 Å². The molecule has 1 fully saturated rings. The Morgan fingerprint density at radius 3 is 2.32 bits per heavy atom. The molecule has 0 spiro atoms. The summed E-state index contributed by atoms with van der Waals surface area (Å²) in [4.78, 5) is 13.8. The van der Waals surface area contributed by atoms with Crippen LogP contribution in [0.1, 0.15) is 59.8 Å². The summed E-state index contributed by atoms with van der Waals surface area (Å²) in [6.07, 6.45) is 5.42. The molecule has 4 nitrogen and oxygen atoms in total. The lowest BCUT2D eigenvalue weighted by atomic mass is 9.90. The average molecular weight is 270 g/mol. The highest BCUT2D eigenvalue weighted by Gasteiger charge is 2.28. The number of nitrogens with one attached hydrogen (secondary N) is 1. The highest BCUT2D eigenvalue weighted by Crippen LogP contribution is 2.23. The molecule has 4 heteroatoms. The first-order valence-electron chi connectivity index (χ1n) is 7.52. The molecule has 0 radical (unpaired) electrons. The molecule has 0 saturated heterocycles. The quantitative estimate of drug-likeness (QED) is 0.853. The first-order valence-corrected chi connectivity index (χ1v) is 7.52. The lowest BCUT2D eigenvalue weighted by Gasteiger charge is -2.35. The zero-order valence-corrected chi connectivity index (χ0v) is 13.2. The summed E-state index contributed by atoms with van der Waals surface area (Å²) < 4.78 is 5.42. The molecule has 0 aromatic carbocycles. The minimum atomic E-state index is -0.411. The summed E-state index contributed by atoms with van der Waals surface area (Å²) in [6.45, 7) is 9.01. The maximum absolute atomic E-state index is 12.0. The monoisotopic (exact) mass is 270 g/mol. The van der Waals surface area contributed by atoms with Crippen molar-refractivity contribution in [3.05, 3.63) is 0 Å².